The summed E-state index contributed by atoms with van der Waals surface area (Å²) in [4.78, 5) is 25.6. The highest BCUT2D eigenvalue weighted by atomic mass is 19.1. The van der Waals surface area contributed by atoms with Crippen LogP contribution in [0.1, 0.15) is 17.7 Å². The number of hydrogen-bond acceptors (Lipinski definition) is 5. The van der Waals surface area contributed by atoms with Gasteiger partial charge in [-0.25, -0.2) is 19.2 Å². The summed E-state index contributed by atoms with van der Waals surface area (Å²) in [7, 11) is 1.99. The van der Waals surface area contributed by atoms with E-state index in [1.165, 1.54) is 6.07 Å². The molecule has 5 heterocycles. The van der Waals surface area contributed by atoms with Crippen LogP contribution in [0.2, 0.25) is 0 Å². The van der Waals surface area contributed by atoms with Crippen molar-refractivity contribution in [1.29, 1.82) is 0 Å². The average molecular weight is 409 g/mol. The summed E-state index contributed by atoms with van der Waals surface area (Å²) in [5.41, 5.74) is 3.58. The normalized spacial score (nSPS) is 18.3. The number of carbonyl (C=O) groups excluding carboxylic acids is 1. The lowest BCUT2D eigenvalue weighted by Crippen LogP contribution is -2.34. The summed E-state index contributed by atoms with van der Waals surface area (Å²) < 4.78 is 15.9. The number of halogens is 1. The number of rotatable bonds is 3. The summed E-state index contributed by atoms with van der Waals surface area (Å²) in [6, 6.07) is 3.49. The second kappa shape index (κ2) is 7.24. The Morgan fingerprint density at radius 1 is 1.30 bits per heavy atom. The summed E-state index contributed by atoms with van der Waals surface area (Å²) >= 11 is 0. The number of urea groups is 1. The number of carbonyl (C=O) groups is 1. The predicted octanol–water partition coefficient (Wildman–Crippen LogP) is 2.57. The molecule has 1 saturated heterocycles. The molecule has 3 aromatic heterocycles. The van der Waals surface area contributed by atoms with Gasteiger partial charge in [0.25, 0.3) is 0 Å². The molecule has 0 aromatic carbocycles. The third-order valence-corrected chi connectivity index (χ3v) is 5.91. The number of nitrogens with zero attached hydrogens (tertiary/aromatic N) is 5. The molecular weight excluding hydrogens is 385 g/mol. The van der Waals surface area contributed by atoms with Crippen LogP contribution in [0.3, 0.4) is 0 Å². The number of hydrogen-bond donors (Lipinski definition) is 2. The van der Waals surface area contributed by atoms with Crippen molar-refractivity contribution < 1.29 is 9.18 Å². The SMILES string of the molecule is CN[C@H]1CCN(c2ccnc3c2CCN3C(=O)Nc2cc(F)c3nc(C)cn3c2)C1. The highest BCUT2D eigenvalue weighted by molar-refractivity contribution is 6.03. The molecule has 0 unspecified atom stereocenters. The number of fused-ring (bicyclic) bond motifs is 2. The third kappa shape index (κ3) is 3.15. The lowest BCUT2D eigenvalue weighted by atomic mass is 10.2. The lowest BCUT2D eigenvalue weighted by Gasteiger charge is -2.22. The Morgan fingerprint density at radius 3 is 2.97 bits per heavy atom. The van der Waals surface area contributed by atoms with Gasteiger partial charge in [-0.1, -0.05) is 0 Å². The second-order valence-corrected chi connectivity index (χ2v) is 7.87. The average Bonchev–Trinajstić information content (AvgIpc) is 3.45. The number of imidazole rings is 1. The summed E-state index contributed by atoms with van der Waals surface area (Å²) in [5, 5.41) is 6.14. The van der Waals surface area contributed by atoms with Crippen molar-refractivity contribution in [2.75, 3.05) is 41.8 Å². The smallest absolute Gasteiger partial charge is 0.327 e. The lowest BCUT2D eigenvalue weighted by molar-refractivity contribution is 0.257. The van der Waals surface area contributed by atoms with Crippen LogP contribution in [0.25, 0.3) is 5.65 Å². The second-order valence-electron chi connectivity index (χ2n) is 7.87. The van der Waals surface area contributed by atoms with Crippen molar-refractivity contribution >= 4 is 28.9 Å². The maximum Gasteiger partial charge on any atom is 0.327 e. The topological polar surface area (TPSA) is 77.8 Å². The zero-order valence-corrected chi connectivity index (χ0v) is 17.0. The van der Waals surface area contributed by atoms with E-state index in [-0.39, 0.29) is 11.7 Å². The zero-order valence-electron chi connectivity index (χ0n) is 17.0. The monoisotopic (exact) mass is 409 g/mol. The van der Waals surface area contributed by atoms with Crippen LogP contribution < -0.4 is 20.4 Å². The molecule has 3 aromatic rings. The van der Waals surface area contributed by atoms with Crippen molar-refractivity contribution in [3.63, 3.8) is 0 Å². The highest BCUT2D eigenvalue weighted by Gasteiger charge is 2.31. The molecule has 0 saturated carbocycles. The predicted molar refractivity (Wildman–Crippen MR) is 114 cm³/mol. The molecular formula is C21H24FN7O. The molecule has 2 aliphatic rings. The van der Waals surface area contributed by atoms with E-state index in [0.717, 1.165) is 37.2 Å². The van der Waals surface area contributed by atoms with Gasteiger partial charge in [-0.05, 0) is 32.9 Å². The van der Waals surface area contributed by atoms with Crippen molar-refractivity contribution in [2.24, 2.45) is 0 Å². The molecule has 1 atom stereocenters. The van der Waals surface area contributed by atoms with E-state index in [1.807, 2.05) is 13.1 Å². The Labute approximate surface area is 173 Å². The molecule has 2 amide bonds. The van der Waals surface area contributed by atoms with Gasteiger partial charge < -0.3 is 19.9 Å². The fourth-order valence-corrected chi connectivity index (χ4v) is 4.42. The fourth-order valence-electron chi connectivity index (χ4n) is 4.42. The molecule has 0 aliphatic carbocycles. The summed E-state index contributed by atoms with van der Waals surface area (Å²) in [5.74, 6) is 0.203. The van der Waals surface area contributed by atoms with Gasteiger partial charge in [0.15, 0.2) is 11.5 Å². The van der Waals surface area contributed by atoms with Crippen molar-refractivity contribution in [1.82, 2.24) is 19.7 Å². The van der Waals surface area contributed by atoms with Gasteiger partial charge >= 0.3 is 6.03 Å². The molecule has 2 N–H and O–H groups in total. The van der Waals surface area contributed by atoms with E-state index in [2.05, 4.69) is 25.5 Å². The zero-order chi connectivity index (χ0) is 20.8. The number of aryl methyl sites for hydroxylation is 1. The molecule has 0 spiro atoms. The molecule has 30 heavy (non-hydrogen) atoms. The standard InChI is InChI=1S/C21H24FN7O/c1-13-10-28-12-15(9-17(22)20(28)25-13)26-21(30)29-8-5-16-18(3-6-24-19(16)29)27-7-4-14(11-27)23-2/h3,6,9-10,12,14,23H,4-5,7-8,11H2,1-2H3,(H,26,30)/t14-/m0/s1. The van der Waals surface area contributed by atoms with Gasteiger partial charge in [0.05, 0.1) is 11.4 Å². The van der Waals surface area contributed by atoms with Crippen LogP contribution in [-0.2, 0) is 6.42 Å². The van der Waals surface area contributed by atoms with E-state index >= 15 is 0 Å². The quantitative estimate of drug-likeness (QED) is 0.695. The number of aromatic nitrogens is 3. The first-order valence-corrected chi connectivity index (χ1v) is 10.2. The van der Waals surface area contributed by atoms with Crippen molar-refractivity contribution in [2.45, 2.75) is 25.8 Å². The first-order valence-electron chi connectivity index (χ1n) is 10.2. The minimum absolute atomic E-state index is 0.244. The van der Waals surface area contributed by atoms with Gasteiger partial charge in [-0.15, -0.1) is 0 Å². The van der Waals surface area contributed by atoms with Crippen molar-refractivity contribution in [3.05, 3.63) is 47.8 Å². The number of nitrogens with one attached hydrogen (secondary N) is 2. The summed E-state index contributed by atoms with van der Waals surface area (Å²) in [6.07, 6.45) is 6.99. The molecule has 9 heteroatoms. The summed E-state index contributed by atoms with van der Waals surface area (Å²) in [6.45, 7) is 4.28. The number of pyridine rings is 2. The first kappa shape index (κ1) is 18.8. The van der Waals surface area contributed by atoms with E-state index in [4.69, 9.17) is 0 Å². The van der Waals surface area contributed by atoms with Gasteiger partial charge in [0.1, 0.15) is 5.82 Å². The van der Waals surface area contributed by atoms with Crippen LogP contribution in [0.4, 0.5) is 26.4 Å². The van der Waals surface area contributed by atoms with Gasteiger partial charge in [-0.2, -0.15) is 0 Å². The number of amides is 2. The van der Waals surface area contributed by atoms with E-state index in [1.54, 1.807) is 34.8 Å². The van der Waals surface area contributed by atoms with Crippen LogP contribution in [-0.4, -0.2) is 53.1 Å². The van der Waals surface area contributed by atoms with Gasteiger partial charge in [0, 0.05) is 61.6 Å². The fraction of sp³-hybridized carbons (Fsp3) is 0.381. The molecule has 0 radical (unpaired) electrons. The Morgan fingerprint density at radius 2 is 2.17 bits per heavy atom. The van der Waals surface area contributed by atoms with Crippen LogP contribution >= 0.6 is 0 Å². The molecule has 2 aliphatic heterocycles. The van der Waals surface area contributed by atoms with Crippen LogP contribution in [0.15, 0.2) is 30.7 Å². The molecule has 5 rings (SSSR count). The van der Waals surface area contributed by atoms with Crippen molar-refractivity contribution in [3.8, 4) is 0 Å². The Kier molecular flexibility index (Phi) is 4.54. The Bertz CT molecular complexity index is 1130. The van der Waals surface area contributed by atoms with E-state index in [9.17, 15) is 9.18 Å². The maximum absolute atomic E-state index is 14.3. The van der Waals surface area contributed by atoms with Crippen LogP contribution in [0, 0.1) is 12.7 Å². The molecule has 0 bridgehead atoms. The molecule has 156 valence electrons. The molecule has 8 nitrogen and oxygen atoms in total. The number of likely N-dealkylation sites (N-methyl/N-ethyl adjacent to an activating group) is 1. The van der Waals surface area contributed by atoms with Gasteiger partial charge in [0.2, 0.25) is 0 Å². The third-order valence-electron chi connectivity index (χ3n) is 5.91. The molecule has 1 fully saturated rings. The highest BCUT2D eigenvalue weighted by Crippen LogP contribution is 2.35. The van der Waals surface area contributed by atoms with Gasteiger partial charge in [-0.3, -0.25) is 4.90 Å². The Balaban J connectivity index is 1.38. The minimum atomic E-state index is -0.476. The van der Waals surface area contributed by atoms with Crippen LogP contribution in [0.5, 0.6) is 0 Å². The number of anilines is 3. The first-order chi connectivity index (χ1) is 14.5. The van der Waals surface area contributed by atoms with E-state index < -0.39 is 5.82 Å². The Hall–Kier alpha value is -3.20. The minimum Gasteiger partial charge on any atom is -0.370 e. The maximum atomic E-state index is 14.3. The largest absolute Gasteiger partial charge is 0.370 e. The van der Waals surface area contributed by atoms with E-state index in [0.29, 0.717) is 29.8 Å².